The van der Waals surface area contributed by atoms with Crippen molar-refractivity contribution < 1.29 is 28.2 Å². The molecule has 0 aliphatic carbocycles. The van der Waals surface area contributed by atoms with Gasteiger partial charge >= 0.3 is 0 Å². The van der Waals surface area contributed by atoms with Gasteiger partial charge in [0.2, 0.25) is 11.8 Å². The van der Waals surface area contributed by atoms with E-state index in [1.165, 1.54) is 24.1 Å². The molecule has 39 heavy (non-hydrogen) atoms. The summed E-state index contributed by atoms with van der Waals surface area (Å²) >= 11 is 0. The van der Waals surface area contributed by atoms with Crippen LogP contribution in [-0.4, -0.2) is 70.4 Å². The van der Waals surface area contributed by atoms with Crippen LogP contribution in [-0.2, 0) is 9.59 Å². The summed E-state index contributed by atoms with van der Waals surface area (Å²) in [6, 6.07) is 14.8. The molecule has 1 unspecified atom stereocenters. The van der Waals surface area contributed by atoms with Gasteiger partial charge in [0, 0.05) is 24.4 Å². The number of halogens is 1. The third kappa shape index (κ3) is 5.28. The Labute approximate surface area is 225 Å². The molecule has 1 atom stereocenters. The predicted molar refractivity (Wildman–Crippen MR) is 146 cm³/mol. The number of aliphatic imine (C=N–C) groups is 1. The van der Waals surface area contributed by atoms with Gasteiger partial charge in [-0.3, -0.25) is 14.6 Å². The lowest BCUT2D eigenvalue weighted by molar-refractivity contribution is -0.119. The summed E-state index contributed by atoms with van der Waals surface area (Å²) in [6.45, 7) is 1.10. The summed E-state index contributed by atoms with van der Waals surface area (Å²) in [7, 11) is 6.86. The molecule has 0 saturated carbocycles. The Bertz CT molecular complexity index is 1470. The van der Waals surface area contributed by atoms with Crippen LogP contribution >= 0.6 is 0 Å². The summed E-state index contributed by atoms with van der Waals surface area (Å²) in [4.78, 5) is 34.1. The molecule has 10 heteroatoms. The van der Waals surface area contributed by atoms with Crippen LogP contribution in [0.2, 0.25) is 0 Å². The second-order valence-electron chi connectivity index (χ2n) is 9.56. The van der Waals surface area contributed by atoms with Crippen LogP contribution in [0.4, 0.5) is 21.5 Å². The highest BCUT2D eigenvalue weighted by Crippen LogP contribution is 2.40. The first-order valence-electron chi connectivity index (χ1n) is 12.4. The van der Waals surface area contributed by atoms with Crippen molar-refractivity contribution in [3.05, 3.63) is 71.5 Å². The first kappa shape index (κ1) is 26.2. The summed E-state index contributed by atoms with van der Waals surface area (Å²) in [5, 5.41) is 2.77. The van der Waals surface area contributed by atoms with Crippen LogP contribution < -0.4 is 24.4 Å². The quantitative estimate of drug-likeness (QED) is 0.463. The van der Waals surface area contributed by atoms with Gasteiger partial charge in [-0.1, -0.05) is 6.07 Å². The number of likely N-dealkylation sites (N-methyl/N-ethyl adjacent to an activating group) is 2. The molecule has 2 amide bonds. The van der Waals surface area contributed by atoms with Gasteiger partial charge in [0.1, 0.15) is 30.7 Å². The fourth-order valence-electron chi connectivity index (χ4n) is 4.67. The van der Waals surface area contributed by atoms with Crippen LogP contribution in [0.15, 0.2) is 59.6 Å². The number of hydrogen-bond acceptors (Lipinski definition) is 7. The van der Waals surface area contributed by atoms with E-state index in [0.717, 1.165) is 0 Å². The smallest absolute Gasteiger partial charge is 0.240 e. The van der Waals surface area contributed by atoms with E-state index in [1.54, 1.807) is 48.3 Å². The number of anilines is 2. The SMILES string of the molecule is COc1cc(N=C(c2ccc3c(c2)OCCO3)C2C(=O)Nc3cc(F)ccc32)ccc1N(C)C(=O)CN(C)C. The predicted octanol–water partition coefficient (Wildman–Crippen LogP) is 3.99. The number of methoxy groups -OCH3 is 1. The second-order valence-corrected chi connectivity index (χ2v) is 9.56. The highest BCUT2D eigenvalue weighted by atomic mass is 19.1. The van der Waals surface area contributed by atoms with Gasteiger partial charge in [-0.25, -0.2) is 4.39 Å². The topological polar surface area (TPSA) is 92.7 Å². The minimum Gasteiger partial charge on any atom is -0.494 e. The molecule has 5 rings (SSSR count). The van der Waals surface area contributed by atoms with Crippen molar-refractivity contribution in [2.24, 2.45) is 4.99 Å². The van der Waals surface area contributed by atoms with Gasteiger partial charge in [-0.05, 0) is 62.1 Å². The van der Waals surface area contributed by atoms with Crippen LogP contribution in [0.25, 0.3) is 0 Å². The molecule has 1 N–H and O–H groups in total. The van der Waals surface area contributed by atoms with E-state index in [9.17, 15) is 14.0 Å². The number of carbonyl (C=O) groups is 2. The first-order chi connectivity index (χ1) is 18.7. The van der Waals surface area contributed by atoms with E-state index >= 15 is 0 Å². The standard InChI is InChI=1S/C29H29FN4O5/c1-33(2)16-26(35)34(3)22-9-7-19(15-24(22)37-4)31-28(17-5-10-23-25(13-17)39-12-11-38-23)27-20-8-6-18(30)14-21(20)32-29(27)36/h5-10,13-15,27H,11-12,16H2,1-4H3,(H,32,36). The third-order valence-electron chi connectivity index (χ3n) is 6.56. The fourth-order valence-corrected chi connectivity index (χ4v) is 4.67. The summed E-state index contributed by atoms with van der Waals surface area (Å²) in [5.74, 6) is -0.0400. The van der Waals surface area contributed by atoms with Crippen molar-refractivity contribution in [1.82, 2.24) is 4.90 Å². The van der Waals surface area contributed by atoms with Crippen LogP contribution in [0.5, 0.6) is 17.2 Å². The lowest BCUT2D eigenvalue weighted by atomic mass is 9.90. The van der Waals surface area contributed by atoms with E-state index in [2.05, 4.69) is 5.32 Å². The van der Waals surface area contributed by atoms with Gasteiger partial charge in [0.05, 0.1) is 30.7 Å². The molecule has 3 aromatic rings. The number of ether oxygens (including phenoxy) is 3. The van der Waals surface area contributed by atoms with Crippen LogP contribution in [0.3, 0.4) is 0 Å². The summed E-state index contributed by atoms with van der Waals surface area (Å²) in [5.41, 5.74) is 3.22. The third-order valence-corrected chi connectivity index (χ3v) is 6.56. The van der Waals surface area contributed by atoms with Crippen molar-refractivity contribution in [2.45, 2.75) is 5.92 Å². The Balaban J connectivity index is 1.60. The molecule has 202 valence electrons. The van der Waals surface area contributed by atoms with E-state index < -0.39 is 11.7 Å². The number of fused-ring (bicyclic) bond motifs is 2. The summed E-state index contributed by atoms with van der Waals surface area (Å²) < 4.78 is 31.0. The maximum atomic E-state index is 13.9. The zero-order chi connectivity index (χ0) is 27.7. The van der Waals surface area contributed by atoms with Crippen LogP contribution in [0.1, 0.15) is 17.0 Å². The molecule has 0 radical (unpaired) electrons. The van der Waals surface area contributed by atoms with Gasteiger partial charge < -0.3 is 29.3 Å². The first-order valence-corrected chi connectivity index (χ1v) is 12.4. The molecule has 2 aliphatic heterocycles. The van der Waals surface area contributed by atoms with Crippen molar-refractivity contribution in [3.63, 3.8) is 0 Å². The molecular formula is C29H29FN4O5. The van der Waals surface area contributed by atoms with E-state index in [-0.39, 0.29) is 18.4 Å². The normalized spacial score (nSPS) is 16.1. The zero-order valence-electron chi connectivity index (χ0n) is 22.2. The van der Waals surface area contributed by atoms with E-state index in [4.69, 9.17) is 19.2 Å². The average Bonchev–Trinajstić information content (AvgIpc) is 3.24. The molecule has 2 heterocycles. The number of amides is 2. The zero-order valence-corrected chi connectivity index (χ0v) is 22.2. The lowest BCUT2D eigenvalue weighted by Gasteiger charge is -2.22. The molecule has 9 nitrogen and oxygen atoms in total. The van der Waals surface area contributed by atoms with E-state index in [1.807, 2.05) is 20.2 Å². The van der Waals surface area contributed by atoms with Crippen molar-refractivity contribution >= 4 is 34.6 Å². The Morgan fingerprint density at radius 2 is 1.82 bits per heavy atom. The average molecular weight is 533 g/mol. The number of hydrogen-bond donors (Lipinski definition) is 1. The largest absolute Gasteiger partial charge is 0.494 e. The summed E-state index contributed by atoms with van der Waals surface area (Å²) in [6.07, 6.45) is 0. The molecule has 0 saturated heterocycles. The lowest BCUT2D eigenvalue weighted by Crippen LogP contribution is -2.35. The Kier molecular flexibility index (Phi) is 7.21. The van der Waals surface area contributed by atoms with Crippen LogP contribution in [0, 0.1) is 5.82 Å². The molecule has 0 bridgehead atoms. The highest BCUT2D eigenvalue weighted by Gasteiger charge is 2.36. The van der Waals surface area contributed by atoms with Gasteiger partial charge in [0.15, 0.2) is 11.5 Å². The van der Waals surface area contributed by atoms with Gasteiger partial charge in [-0.2, -0.15) is 0 Å². The Morgan fingerprint density at radius 1 is 1.05 bits per heavy atom. The minimum absolute atomic E-state index is 0.0991. The van der Waals surface area contributed by atoms with Gasteiger partial charge in [-0.15, -0.1) is 0 Å². The maximum Gasteiger partial charge on any atom is 0.240 e. The number of nitrogens with zero attached hydrogens (tertiary/aromatic N) is 3. The van der Waals surface area contributed by atoms with Crippen molar-refractivity contribution in [1.29, 1.82) is 0 Å². The second kappa shape index (κ2) is 10.7. The van der Waals surface area contributed by atoms with Gasteiger partial charge in [0.25, 0.3) is 0 Å². The number of benzene rings is 3. The Hall–Kier alpha value is -4.44. The molecule has 3 aromatic carbocycles. The highest BCUT2D eigenvalue weighted by molar-refractivity contribution is 6.24. The Morgan fingerprint density at radius 3 is 2.56 bits per heavy atom. The number of nitrogens with one attached hydrogen (secondary N) is 1. The van der Waals surface area contributed by atoms with Crippen molar-refractivity contribution in [2.75, 3.05) is 58.2 Å². The molecule has 0 aromatic heterocycles. The fraction of sp³-hybridized carbons (Fsp3) is 0.276. The minimum atomic E-state index is -0.793. The van der Waals surface area contributed by atoms with Crippen molar-refractivity contribution in [3.8, 4) is 17.2 Å². The monoisotopic (exact) mass is 532 g/mol. The van der Waals surface area contributed by atoms with E-state index in [0.29, 0.717) is 64.4 Å². The number of carbonyl (C=O) groups excluding carboxylic acids is 2. The molecule has 0 fully saturated rings. The molecular weight excluding hydrogens is 503 g/mol. The molecule has 0 spiro atoms. The molecule has 2 aliphatic rings. The number of rotatable bonds is 7. The maximum absolute atomic E-state index is 13.9.